The molecule has 2 rings (SSSR count). The molecule has 6 nitrogen and oxygen atoms in total. The molecule has 2 aromatic heterocycles. The summed E-state index contributed by atoms with van der Waals surface area (Å²) in [7, 11) is 1.85. The molecular formula is C13H19N5OS. The lowest BCUT2D eigenvalue weighted by molar-refractivity contribution is -0.127. The zero-order valence-corrected chi connectivity index (χ0v) is 12.9. The van der Waals surface area contributed by atoms with Crippen molar-refractivity contribution in [2.75, 3.05) is 19.3 Å². The first-order valence-corrected chi connectivity index (χ1v) is 7.66. The molecule has 0 radical (unpaired) electrons. The number of nitrogens with zero attached hydrogens (tertiary/aromatic N) is 5. The van der Waals surface area contributed by atoms with Gasteiger partial charge in [0, 0.05) is 13.6 Å². The van der Waals surface area contributed by atoms with Crippen molar-refractivity contribution < 1.29 is 4.79 Å². The van der Waals surface area contributed by atoms with Crippen molar-refractivity contribution >= 4 is 23.3 Å². The molecule has 0 bridgehead atoms. The lowest BCUT2D eigenvalue weighted by Crippen LogP contribution is -2.29. The van der Waals surface area contributed by atoms with Crippen molar-refractivity contribution in [1.82, 2.24) is 24.7 Å². The monoisotopic (exact) mass is 293 g/mol. The number of hydrogen-bond donors (Lipinski definition) is 0. The molecule has 1 amide bonds. The second-order valence-corrected chi connectivity index (χ2v) is 5.64. The van der Waals surface area contributed by atoms with Gasteiger partial charge in [-0.2, -0.15) is 9.61 Å². The van der Waals surface area contributed by atoms with Crippen LogP contribution in [0.3, 0.4) is 0 Å². The minimum Gasteiger partial charge on any atom is -0.345 e. The fourth-order valence-electron chi connectivity index (χ4n) is 1.72. The van der Waals surface area contributed by atoms with Gasteiger partial charge >= 0.3 is 0 Å². The molecule has 0 fully saturated rings. The normalized spacial score (nSPS) is 10.9. The van der Waals surface area contributed by atoms with E-state index in [1.807, 2.05) is 26.1 Å². The molecular weight excluding hydrogens is 274 g/mol. The molecule has 0 N–H and O–H groups in total. The second kappa shape index (κ2) is 6.69. The molecule has 0 atom stereocenters. The Kier molecular flexibility index (Phi) is 4.94. The van der Waals surface area contributed by atoms with Crippen LogP contribution < -0.4 is 0 Å². The van der Waals surface area contributed by atoms with Gasteiger partial charge in [-0.25, -0.2) is 0 Å². The predicted molar refractivity (Wildman–Crippen MR) is 78.8 cm³/mol. The Labute approximate surface area is 122 Å². The maximum atomic E-state index is 11.9. The lowest BCUT2D eigenvalue weighted by atomic mass is 10.3. The van der Waals surface area contributed by atoms with Gasteiger partial charge in [0.2, 0.25) is 5.91 Å². The zero-order chi connectivity index (χ0) is 14.5. The minimum atomic E-state index is 0.130. The summed E-state index contributed by atoms with van der Waals surface area (Å²) in [5.41, 5.74) is 0.721. The largest absolute Gasteiger partial charge is 0.345 e. The molecule has 0 saturated heterocycles. The molecule has 0 aromatic carbocycles. The highest BCUT2D eigenvalue weighted by molar-refractivity contribution is 7.99. The van der Waals surface area contributed by atoms with Gasteiger partial charge in [-0.15, -0.1) is 10.2 Å². The Bertz CT molecular complexity index is 597. The summed E-state index contributed by atoms with van der Waals surface area (Å²) in [6.45, 7) is 4.78. The Morgan fingerprint density at radius 1 is 1.40 bits per heavy atom. The van der Waals surface area contributed by atoms with Crippen molar-refractivity contribution in [3.05, 3.63) is 18.0 Å². The average molecular weight is 293 g/mol. The van der Waals surface area contributed by atoms with E-state index in [9.17, 15) is 4.79 Å². The van der Waals surface area contributed by atoms with Gasteiger partial charge in [-0.3, -0.25) is 4.79 Å². The van der Waals surface area contributed by atoms with E-state index in [1.165, 1.54) is 11.8 Å². The molecule has 0 aliphatic carbocycles. The molecule has 108 valence electrons. The maximum Gasteiger partial charge on any atom is 0.232 e. The number of rotatable bonds is 6. The highest BCUT2D eigenvalue weighted by Crippen LogP contribution is 2.16. The van der Waals surface area contributed by atoms with Crippen LogP contribution in [0.1, 0.15) is 25.6 Å². The Balaban J connectivity index is 1.95. The molecule has 20 heavy (non-hydrogen) atoms. The van der Waals surface area contributed by atoms with Crippen molar-refractivity contribution in [1.29, 1.82) is 0 Å². The summed E-state index contributed by atoms with van der Waals surface area (Å²) in [5.74, 6) is 1.28. The number of unbranched alkanes of at least 4 members (excludes halogenated alkanes) is 1. The number of fused-ring (bicyclic) bond motifs is 1. The predicted octanol–water partition coefficient (Wildman–Crippen LogP) is 1.78. The second-order valence-electron chi connectivity index (χ2n) is 4.65. The summed E-state index contributed by atoms with van der Waals surface area (Å²) in [4.78, 5) is 13.7. The van der Waals surface area contributed by atoms with Crippen LogP contribution in [-0.2, 0) is 4.79 Å². The van der Waals surface area contributed by atoms with Crippen LogP contribution in [0.25, 0.3) is 5.65 Å². The van der Waals surface area contributed by atoms with Gasteiger partial charge in [0.25, 0.3) is 0 Å². The molecule has 0 spiro atoms. The number of amides is 1. The standard InChI is InChI=1S/C13H19N5OS/c1-4-5-8-17(3)13(19)9-20-12-7-6-11-15-14-10(2)18(11)16-12/h6-7H,4-5,8-9H2,1-3H3. The molecule has 2 aromatic rings. The molecule has 0 aliphatic heterocycles. The Morgan fingerprint density at radius 2 is 2.20 bits per heavy atom. The molecule has 0 unspecified atom stereocenters. The molecule has 7 heteroatoms. The van der Waals surface area contributed by atoms with Gasteiger partial charge in [0.1, 0.15) is 5.03 Å². The first-order valence-electron chi connectivity index (χ1n) is 6.67. The number of thioether (sulfide) groups is 1. The Hall–Kier alpha value is -1.63. The van der Waals surface area contributed by atoms with Crippen molar-refractivity contribution in [3.63, 3.8) is 0 Å². The van der Waals surface area contributed by atoms with Gasteiger partial charge in [-0.1, -0.05) is 25.1 Å². The van der Waals surface area contributed by atoms with E-state index in [4.69, 9.17) is 0 Å². The van der Waals surface area contributed by atoms with Crippen LogP contribution in [-0.4, -0.2) is 50.0 Å². The third-order valence-electron chi connectivity index (χ3n) is 3.01. The van der Waals surface area contributed by atoms with E-state index in [0.717, 1.165) is 35.9 Å². The Morgan fingerprint density at radius 3 is 2.95 bits per heavy atom. The average Bonchev–Trinajstić information content (AvgIpc) is 2.83. The number of aryl methyl sites for hydroxylation is 1. The fraction of sp³-hybridized carbons (Fsp3) is 0.538. The van der Waals surface area contributed by atoms with E-state index in [-0.39, 0.29) is 5.91 Å². The maximum absolute atomic E-state index is 11.9. The van der Waals surface area contributed by atoms with E-state index < -0.39 is 0 Å². The van der Waals surface area contributed by atoms with Gasteiger partial charge < -0.3 is 4.90 Å². The molecule has 0 aliphatic rings. The zero-order valence-electron chi connectivity index (χ0n) is 12.0. The van der Waals surface area contributed by atoms with Crippen molar-refractivity contribution in [3.8, 4) is 0 Å². The summed E-state index contributed by atoms with van der Waals surface area (Å²) >= 11 is 1.44. The van der Waals surface area contributed by atoms with E-state index >= 15 is 0 Å². The third-order valence-corrected chi connectivity index (χ3v) is 3.92. The van der Waals surface area contributed by atoms with Crippen molar-refractivity contribution in [2.24, 2.45) is 0 Å². The minimum absolute atomic E-state index is 0.130. The highest BCUT2D eigenvalue weighted by Gasteiger charge is 2.10. The summed E-state index contributed by atoms with van der Waals surface area (Å²) in [5, 5.41) is 13.2. The van der Waals surface area contributed by atoms with Gasteiger partial charge in [-0.05, 0) is 25.5 Å². The van der Waals surface area contributed by atoms with Crippen LogP contribution in [0.15, 0.2) is 17.2 Å². The van der Waals surface area contributed by atoms with E-state index in [0.29, 0.717) is 5.75 Å². The highest BCUT2D eigenvalue weighted by atomic mass is 32.2. The summed E-state index contributed by atoms with van der Waals surface area (Å²) in [6, 6.07) is 3.73. The number of carbonyl (C=O) groups is 1. The van der Waals surface area contributed by atoms with E-state index in [2.05, 4.69) is 22.2 Å². The van der Waals surface area contributed by atoms with Crippen LogP contribution >= 0.6 is 11.8 Å². The van der Waals surface area contributed by atoms with Crippen LogP contribution in [0.5, 0.6) is 0 Å². The summed E-state index contributed by atoms with van der Waals surface area (Å²) < 4.78 is 1.69. The molecule has 2 heterocycles. The first-order chi connectivity index (χ1) is 9.61. The van der Waals surface area contributed by atoms with Crippen LogP contribution in [0.4, 0.5) is 0 Å². The third kappa shape index (κ3) is 3.47. The smallest absolute Gasteiger partial charge is 0.232 e. The summed E-state index contributed by atoms with van der Waals surface area (Å²) in [6.07, 6.45) is 2.13. The number of carbonyl (C=O) groups excluding carboxylic acids is 1. The van der Waals surface area contributed by atoms with E-state index in [1.54, 1.807) is 9.42 Å². The topological polar surface area (TPSA) is 63.4 Å². The van der Waals surface area contributed by atoms with Gasteiger partial charge in [0.05, 0.1) is 5.75 Å². The number of hydrogen-bond acceptors (Lipinski definition) is 5. The quantitative estimate of drug-likeness (QED) is 0.760. The lowest BCUT2D eigenvalue weighted by Gasteiger charge is -2.16. The SMILES string of the molecule is CCCCN(C)C(=O)CSc1ccc2nnc(C)n2n1. The van der Waals surface area contributed by atoms with Crippen LogP contribution in [0, 0.1) is 6.92 Å². The van der Waals surface area contributed by atoms with Crippen LogP contribution in [0.2, 0.25) is 0 Å². The molecule has 0 saturated carbocycles. The first kappa shape index (κ1) is 14.8. The van der Waals surface area contributed by atoms with Crippen molar-refractivity contribution in [2.45, 2.75) is 31.7 Å². The van der Waals surface area contributed by atoms with Gasteiger partial charge in [0.15, 0.2) is 11.5 Å². The fourth-order valence-corrected chi connectivity index (χ4v) is 2.52. The number of aromatic nitrogens is 4.